The van der Waals surface area contributed by atoms with E-state index < -0.39 is 0 Å². The molecule has 1 saturated heterocycles. The molecule has 0 aromatic rings. The summed E-state index contributed by atoms with van der Waals surface area (Å²) in [5.74, 6) is 0. The van der Waals surface area contributed by atoms with Crippen LogP contribution in [0.3, 0.4) is 0 Å². The molecule has 0 amide bonds. The summed E-state index contributed by atoms with van der Waals surface area (Å²) in [5, 5.41) is 12.1. The molecular weight excluding hydrogens is 198 g/mol. The monoisotopic (exact) mass is 223 g/mol. The lowest BCUT2D eigenvalue weighted by Gasteiger charge is -2.33. The van der Waals surface area contributed by atoms with E-state index in [2.05, 4.69) is 30.1 Å². The van der Waals surface area contributed by atoms with Crippen LogP contribution in [0.25, 0.3) is 0 Å². The molecule has 0 aromatic carbocycles. The Hall–Kier alpha value is -0.590. The summed E-state index contributed by atoms with van der Waals surface area (Å²) < 4.78 is 0. The highest BCUT2D eigenvalue weighted by Gasteiger charge is 2.17. The van der Waals surface area contributed by atoms with Gasteiger partial charge in [0.25, 0.3) is 0 Å². The summed E-state index contributed by atoms with van der Waals surface area (Å²) in [5.41, 5.74) is 0. The van der Waals surface area contributed by atoms with E-state index in [1.807, 2.05) is 0 Å². The molecule has 0 spiro atoms. The zero-order chi connectivity index (χ0) is 11.8. The fraction of sp³-hybridized carbons (Fsp3) is 0.923. The molecule has 1 N–H and O–H groups in total. The van der Waals surface area contributed by atoms with Crippen LogP contribution in [0.15, 0.2) is 0 Å². The van der Waals surface area contributed by atoms with Gasteiger partial charge in [-0.25, -0.2) is 0 Å². The molecule has 0 aromatic heterocycles. The lowest BCUT2D eigenvalue weighted by atomic mass is 10.0. The van der Waals surface area contributed by atoms with Gasteiger partial charge in [-0.1, -0.05) is 6.42 Å². The number of piperidine rings is 1. The van der Waals surface area contributed by atoms with Gasteiger partial charge in [-0.2, -0.15) is 5.26 Å². The third kappa shape index (κ3) is 4.96. The average Bonchev–Trinajstić information content (AvgIpc) is 2.29. The van der Waals surface area contributed by atoms with Crippen molar-refractivity contribution in [2.45, 2.75) is 58.0 Å². The summed E-state index contributed by atoms with van der Waals surface area (Å²) in [7, 11) is 0. The minimum atomic E-state index is 0.586. The van der Waals surface area contributed by atoms with Crippen LogP contribution in [0.2, 0.25) is 0 Å². The van der Waals surface area contributed by atoms with Crippen LogP contribution >= 0.6 is 0 Å². The predicted octanol–water partition coefficient (Wildman–Crippen LogP) is 2.14. The van der Waals surface area contributed by atoms with E-state index in [0.29, 0.717) is 18.5 Å². The highest BCUT2D eigenvalue weighted by atomic mass is 15.2. The van der Waals surface area contributed by atoms with Gasteiger partial charge in [-0.05, 0) is 46.2 Å². The molecule has 1 aliphatic heterocycles. The highest BCUT2D eigenvalue weighted by Crippen LogP contribution is 2.11. The molecule has 0 radical (unpaired) electrons. The van der Waals surface area contributed by atoms with E-state index in [-0.39, 0.29) is 0 Å². The van der Waals surface area contributed by atoms with Crippen molar-refractivity contribution < 1.29 is 0 Å². The Morgan fingerprint density at radius 2 is 2.25 bits per heavy atom. The summed E-state index contributed by atoms with van der Waals surface area (Å²) in [6.45, 7) is 7.87. The van der Waals surface area contributed by atoms with E-state index in [0.717, 1.165) is 19.5 Å². The van der Waals surface area contributed by atoms with Gasteiger partial charge >= 0.3 is 0 Å². The van der Waals surface area contributed by atoms with Gasteiger partial charge in [0, 0.05) is 25.0 Å². The van der Waals surface area contributed by atoms with E-state index in [1.165, 1.54) is 25.8 Å². The van der Waals surface area contributed by atoms with Crippen molar-refractivity contribution in [1.82, 2.24) is 10.2 Å². The Bertz CT molecular complexity index is 214. The molecule has 0 saturated carbocycles. The van der Waals surface area contributed by atoms with Gasteiger partial charge in [0.1, 0.15) is 0 Å². The zero-order valence-corrected chi connectivity index (χ0v) is 10.7. The molecule has 1 fully saturated rings. The number of hydrogen-bond acceptors (Lipinski definition) is 3. The lowest BCUT2D eigenvalue weighted by Crippen LogP contribution is -2.46. The topological polar surface area (TPSA) is 39.1 Å². The standard InChI is InChI=1S/C13H25N3/c1-12(2)16(10-6-4-8-14)11-13-7-3-5-9-15-13/h12-13,15H,3-7,9-11H2,1-2H3. The van der Waals surface area contributed by atoms with Gasteiger partial charge in [-0.3, -0.25) is 4.90 Å². The first kappa shape index (κ1) is 13.5. The number of nitrogens with one attached hydrogen (secondary N) is 1. The van der Waals surface area contributed by atoms with Gasteiger partial charge < -0.3 is 5.32 Å². The number of rotatable bonds is 6. The van der Waals surface area contributed by atoms with E-state index in [9.17, 15) is 0 Å². The van der Waals surface area contributed by atoms with Gasteiger partial charge in [0.2, 0.25) is 0 Å². The van der Waals surface area contributed by atoms with Crippen molar-refractivity contribution in [3.63, 3.8) is 0 Å². The van der Waals surface area contributed by atoms with Gasteiger partial charge in [0.15, 0.2) is 0 Å². The van der Waals surface area contributed by atoms with E-state index >= 15 is 0 Å². The first-order valence-electron chi connectivity index (χ1n) is 6.58. The van der Waals surface area contributed by atoms with Crippen molar-refractivity contribution in [1.29, 1.82) is 5.26 Å². The SMILES string of the molecule is CC(C)N(CCCC#N)CC1CCCCN1. The molecule has 1 atom stereocenters. The van der Waals surface area contributed by atoms with Crippen molar-refractivity contribution in [3.05, 3.63) is 0 Å². The first-order chi connectivity index (χ1) is 7.74. The second kappa shape index (κ2) is 7.65. The molecule has 0 aliphatic carbocycles. The van der Waals surface area contributed by atoms with Crippen molar-refractivity contribution in [2.24, 2.45) is 0 Å². The number of nitriles is 1. The Balaban J connectivity index is 2.29. The molecule has 3 heteroatoms. The third-order valence-corrected chi connectivity index (χ3v) is 3.33. The average molecular weight is 223 g/mol. The van der Waals surface area contributed by atoms with Crippen molar-refractivity contribution in [2.75, 3.05) is 19.6 Å². The molecule has 1 aliphatic rings. The minimum Gasteiger partial charge on any atom is -0.313 e. The fourth-order valence-electron chi connectivity index (χ4n) is 2.28. The predicted molar refractivity (Wildman–Crippen MR) is 67.2 cm³/mol. The molecule has 1 unspecified atom stereocenters. The summed E-state index contributed by atoms with van der Waals surface area (Å²) in [6.07, 6.45) is 5.68. The van der Waals surface area contributed by atoms with Crippen LogP contribution < -0.4 is 5.32 Å². The number of hydrogen-bond donors (Lipinski definition) is 1. The van der Waals surface area contributed by atoms with Gasteiger partial charge in [-0.15, -0.1) is 0 Å². The number of unbranched alkanes of at least 4 members (excludes halogenated alkanes) is 1. The lowest BCUT2D eigenvalue weighted by molar-refractivity contribution is 0.183. The highest BCUT2D eigenvalue weighted by molar-refractivity contribution is 4.78. The molecule has 3 nitrogen and oxygen atoms in total. The Kier molecular flexibility index (Phi) is 6.44. The summed E-state index contributed by atoms with van der Waals surface area (Å²) in [6, 6.07) is 3.47. The maximum atomic E-state index is 8.56. The van der Waals surface area contributed by atoms with Crippen LogP contribution in [0.5, 0.6) is 0 Å². The Morgan fingerprint density at radius 1 is 1.44 bits per heavy atom. The quantitative estimate of drug-likeness (QED) is 0.701. The normalized spacial score (nSPS) is 21.3. The van der Waals surface area contributed by atoms with E-state index in [1.54, 1.807) is 0 Å². The second-order valence-electron chi connectivity index (χ2n) is 5.00. The Labute approximate surface area is 99.8 Å². The van der Waals surface area contributed by atoms with Crippen LogP contribution in [-0.4, -0.2) is 36.6 Å². The van der Waals surface area contributed by atoms with Crippen molar-refractivity contribution >= 4 is 0 Å². The smallest absolute Gasteiger partial charge is 0.0622 e. The fourth-order valence-corrected chi connectivity index (χ4v) is 2.28. The van der Waals surface area contributed by atoms with Gasteiger partial charge in [0.05, 0.1) is 6.07 Å². The largest absolute Gasteiger partial charge is 0.313 e. The van der Waals surface area contributed by atoms with Crippen LogP contribution in [0, 0.1) is 11.3 Å². The minimum absolute atomic E-state index is 0.586. The van der Waals surface area contributed by atoms with Crippen LogP contribution in [0.4, 0.5) is 0 Å². The summed E-state index contributed by atoms with van der Waals surface area (Å²) >= 11 is 0. The molecule has 0 bridgehead atoms. The second-order valence-corrected chi connectivity index (χ2v) is 5.00. The molecule has 1 rings (SSSR count). The van der Waals surface area contributed by atoms with Crippen molar-refractivity contribution in [3.8, 4) is 6.07 Å². The van der Waals surface area contributed by atoms with Crippen LogP contribution in [-0.2, 0) is 0 Å². The van der Waals surface area contributed by atoms with Crippen LogP contribution in [0.1, 0.15) is 46.0 Å². The number of nitrogens with zero attached hydrogens (tertiary/aromatic N) is 2. The molecular formula is C13H25N3. The maximum absolute atomic E-state index is 8.56. The van der Waals surface area contributed by atoms with E-state index in [4.69, 9.17) is 5.26 Å². The summed E-state index contributed by atoms with van der Waals surface area (Å²) in [4.78, 5) is 2.50. The molecule has 92 valence electrons. The molecule has 1 heterocycles. The maximum Gasteiger partial charge on any atom is 0.0622 e. The zero-order valence-electron chi connectivity index (χ0n) is 10.7. The Morgan fingerprint density at radius 3 is 2.81 bits per heavy atom. The molecule has 16 heavy (non-hydrogen) atoms. The third-order valence-electron chi connectivity index (χ3n) is 3.33. The first-order valence-corrected chi connectivity index (χ1v) is 6.58.